The normalized spacial score (nSPS) is 14.5. The number of anilines is 1. The highest BCUT2D eigenvalue weighted by Crippen LogP contribution is 2.27. The number of amides is 1. The van der Waals surface area contributed by atoms with Gasteiger partial charge in [0, 0.05) is 19.5 Å². The lowest BCUT2D eigenvalue weighted by molar-refractivity contribution is -0.116. The van der Waals surface area contributed by atoms with Crippen LogP contribution in [0.4, 0.5) is 5.69 Å². The van der Waals surface area contributed by atoms with Crippen LogP contribution in [0.5, 0.6) is 5.75 Å². The third-order valence-electron chi connectivity index (χ3n) is 5.52. The molecule has 0 saturated carbocycles. The van der Waals surface area contributed by atoms with Crippen molar-refractivity contribution in [3.8, 4) is 5.75 Å². The number of aryl methyl sites for hydroxylation is 1. The number of para-hydroxylation sites is 1. The number of piperidine rings is 1. The molecule has 0 spiro atoms. The first-order chi connectivity index (χ1) is 15.9. The molecule has 0 aliphatic carbocycles. The summed E-state index contributed by atoms with van der Waals surface area (Å²) in [6.07, 6.45) is 3.11. The lowest BCUT2D eigenvalue weighted by Crippen LogP contribution is -2.35. The molecule has 2 aromatic rings. The Bertz CT molecular complexity index is 1090. The molecule has 1 fully saturated rings. The first-order valence-electron chi connectivity index (χ1n) is 11.1. The van der Waals surface area contributed by atoms with Crippen LogP contribution >= 0.6 is 0 Å². The van der Waals surface area contributed by atoms with Gasteiger partial charge in [-0.05, 0) is 62.1 Å². The van der Waals surface area contributed by atoms with Crippen molar-refractivity contribution in [2.75, 3.05) is 32.1 Å². The number of carbonyl (C=O) groups excluding carboxylic acids is 2. The van der Waals surface area contributed by atoms with E-state index in [1.807, 2.05) is 0 Å². The molecule has 178 valence electrons. The van der Waals surface area contributed by atoms with Crippen LogP contribution in [-0.4, -0.2) is 51.4 Å². The molecular formula is C24H30N2O6S. The average molecular weight is 475 g/mol. The number of esters is 1. The standard InChI is InChI=1S/C24H30N2O6S/c1-3-32-24(28)20-9-5-6-10-21(20)25-23(27)14-11-18-17-19(12-13-22(18)31-2)33(29,30)26-15-7-4-8-16-26/h5-6,9-10,12-13,17H,3-4,7-8,11,14-16H2,1-2H3,(H,25,27). The molecular weight excluding hydrogens is 444 g/mol. The van der Waals surface area contributed by atoms with E-state index < -0.39 is 16.0 Å². The van der Waals surface area contributed by atoms with Gasteiger partial charge in [0.05, 0.1) is 29.9 Å². The quantitative estimate of drug-likeness (QED) is 0.557. The van der Waals surface area contributed by atoms with Crippen molar-refractivity contribution in [3.63, 3.8) is 0 Å². The Balaban J connectivity index is 1.73. The van der Waals surface area contributed by atoms with E-state index in [0.717, 1.165) is 19.3 Å². The molecule has 0 unspecified atom stereocenters. The number of nitrogens with zero attached hydrogens (tertiary/aromatic N) is 1. The Labute approximate surface area is 194 Å². The van der Waals surface area contributed by atoms with Crippen LogP contribution < -0.4 is 10.1 Å². The number of rotatable bonds is 9. The van der Waals surface area contributed by atoms with Crippen LogP contribution in [-0.2, 0) is 26.0 Å². The van der Waals surface area contributed by atoms with Gasteiger partial charge in [-0.2, -0.15) is 4.31 Å². The van der Waals surface area contributed by atoms with Gasteiger partial charge in [-0.3, -0.25) is 4.79 Å². The van der Waals surface area contributed by atoms with Gasteiger partial charge in [0.15, 0.2) is 0 Å². The van der Waals surface area contributed by atoms with E-state index in [9.17, 15) is 18.0 Å². The molecule has 1 aliphatic heterocycles. The zero-order chi connectivity index (χ0) is 23.8. The Kier molecular flexibility index (Phi) is 8.46. The number of methoxy groups -OCH3 is 1. The lowest BCUT2D eigenvalue weighted by Gasteiger charge is -2.26. The zero-order valence-corrected chi connectivity index (χ0v) is 19.8. The van der Waals surface area contributed by atoms with Gasteiger partial charge in [-0.1, -0.05) is 18.6 Å². The van der Waals surface area contributed by atoms with E-state index in [2.05, 4.69) is 5.32 Å². The van der Waals surface area contributed by atoms with E-state index in [1.54, 1.807) is 49.4 Å². The summed E-state index contributed by atoms with van der Waals surface area (Å²) in [7, 11) is -2.08. The molecule has 33 heavy (non-hydrogen) atoms. The zero-order valence-electron chi connectivity index (χ0n) is 19.0. The van der Waals surface area contributed by atoms with E-state index in [1.165, 1.54) is 11.4 Å². The average Bonchev–Trinajstić information content (AvgIpc) is 2.83. The van der Waals surface area contributed by atoms with Crippen LogP contribution in [0.3, 0.4) is 0 Å². The van der Waals surface area contributed by atoms with Gasteiger partial charge >= 0.3 is 5.97 Å². The molecule has 2 aromatic carbocycles. The topological polar surface area (TPSA) is 102 Å². The summed E-state index contributed by atoms with van der Waals surface area (Å²) in [5.41, 5.74) is 1.28. The summed E-state index contributed by atoms with van der Waals surface area (Å²) in [4.78, 5) is 24.9. The first-order valence-corrected chi connectivity index (χ1v) is 12.5. The Morgan fingerprint density at radius 1 is 1.06 bits per heavy atom. The number of sulfonamides is 1. The van der Waals surface area contributed by atoms with Crippen molar-refractivity contribution < 1.29 is 27.5 Å². The van der Waals surface area contributed by atoms with Crippen LogP contribution in [0.2, 0.25) is 0 Å². The fraction of sp³-hybridized carbons (Fsp3) is 0.417. The largest absolute Gasteiger partial charge is 0.496 e. The van der Waals surface area contributed by atoms with E-state index in [0.29, 0.717) is 30.1 Å². The molecule has 1 aliphatic rings. The highest BCUT2D eigenvalue weighted by Gasteiger charge is 2.26. The summed E-state index contributed by atoms with van der Waals surface area (Å²) >= 11 is 0. The number of carbonyl (C=O) groups is 2. The molecule has 0 atom stereocenters. The SMILES string of the molecule is CCOC(=O)c1ccccc1NC(=O)CCc1cc(S(=O)(=O)N2CCCCC2)ccc1OC. The van der Waals surface area contributed by atoms with Crippen molar-refractivity contribution in [1.82, 2.24) is 4.31 Å². The monoisotopic (exact) mass is 474 g/mol. The van der Waals surface area contributed by atoms with Crippen molar-refractivity contribution in [2.45, 2.75) is 43.9 Å². The second-order valence-electron chi connectivity index (χ2n) is 7.75. The molecule has 1 amide bonds. The van der Waals surface area contributed by atoms with Gasteiger partial charge in [-0.15, -0.1) is 0 Å². The molecule has 0 aromatic heterocycles. The molecule has 1 N–H and O–H groups in total. The van der Waals surface area contributed by atoms with Gasteiger partial charge in [0.25, 0.3) is 0 Å². The summed E-state index contributed by atoms with van der Waals surface area (Å²) in [6.45, 7) is 2.99. The summed E-state index contributed by atoms with van der Waals surface area (Å²) in [6, 6.07) is 11.4. The minimum atomic E-state index is -3.59. The van der Waals surface area contributed by atoms with Gasteiger partial charge in [0.1, 0.15) is 5.75 Å². The molecule has 8 nitrogen and oxygen atoms in total. The fourth-order valence-electron chi connectivity index (χ4n) is 3.80. The summed E-state index contributed by atoms with van der Waals surface area (Å²) in [5.74, 6) is -0.295. The van der Waals surface area contributed by atoms with E-state index in [-0.39, 0.29) is 35.8 Å². The van der Waals surface area contributed by atoms with Gasteiger partial charge in [0.2, 0.25) is 15.9 Å². The fourth-order valence-corrected chi connectivity index (χ4v) is 5.37. The third kappa shape index (κ3) is 6.11. The number of hydrogen-bond acceptors (Lipinski definition) is 6. The highest BCUT2D eigenvalue weighted by molar-refractivity contribution is 7.89. The molecule has 1 heterocycles. The maximum atomic E-state index is 13.0. The maximum Gasteiger partial charge on any atom is 0.340 e. The minimum Gasteiger partial charge on any atom is -0.496 e. The second-order valence-corrected chi connectivity index (χ2v) is 9.69. The Hall–Kier alpha value is -2.91. The van der Waals surface area contributed by atoms with Gasteiger partial charge < -0.3 is 14.8 Å². The molecule has 0 bridgehead atoms. The van der Waals surface area contributed by atoms with Crippen LogP contribution in [0.1, 0.15) is 48.5 Å². The third-order valence-corrected chi connectivity index (χ3v) is 7.42. The molecule has 0 radical (unpaired) electrons. The number of benzene rings is 2. The highest BCUT2D eigenvalue weighted by atomic mass is 32.2. The Morgan fingerprint density at radius 2 is 1.79 bits per heavy atom. The molecule has 1 saturated heterocycles. The molecule has 9 heteroatoms. The minimum absolute atomic E-state index is 0.0841. The van der Waals surface area contributed by atoms with Crippen LogP contribution in [0, 0.1) is 0 Å². The second kappa shape index (κ2) is 11.3. The molecule has 3 rings (SSSR count). The number of hydrogen-bond donors (Lipinski definition) is 1. The predicted molar refractivity (Wildman–Crippen MR) is 125 cm³/mol. The predicted octanol–water partition coefficient (Wildman–Crippen LogP) is 3.62. The van der Waals surface area contributed by atoms with Crippen molar-refractivity contribution in [3.05, 3.63) is 53.6 Å². The van der Waals surface area contributed by atoms with Gasteiger partial charge in [-0.25, -0.2) is 13.2 Å². The number of ether oxygens (including phenoxy) is 2. The van der Waals surface area contributed by atoms with Crippen molar-refractivity contribution in [2.24, 2.45) is 0 Å². The van der Waals surface area contributed by atoms with E-state index in [4.69, 9.17) is 9.47 Å². The van der Waals surface area contributed by atoms with Crippen LogP contribution in [0.15, 0.2) is 47.4 Å². The number of nitrogens with one attached hydrogen (secondary N) is 1. The maximum absolute atomic E-state index is 13.0. The Morgan fingerprint density at radius 3 is 2.48 bits per heavy atom. The van der Waals surface area contributed by atoms with Crippen molar-refractivity contribution in [1.29, 1.82) is 0 Å². The first kappa shape index (κ1) is 24.7. The summed E-state index contributed by atoms with van der Waals surface area (Å²) < 4.78 is 38.0. The van der Waals surface area contributed by atoms with Crippen LogP contribution in [0.25, 0.3) is 0 Å². The smallest absolute Gasteiger partial charge is 0.340 e. The van der Waals surface area contributed by atoms with E-state index >= 15 is 0 Å². The summed E-state index contributed by atoms with van der Waals surface area (Å²) in [5, 5.41) is 2.75. The van der Waals surface area contributed by atoms with Crippen molar-refractivity contribution >= 4 is 27.6 Å². The lowest BCUT2D eigenvalue weighted by atomic mass is 10.1.